The number of halogens is 4. The van der Waals surface area contributed by atoms with Crippen LogP contribution in [-0.4, -0.2) is 18.7 Å². The van der Waals surface area contributed by atoms with Gasteiger partial charge in [-0.15, -0.1) is 0 Å². The minimum absolute atomic E-state index is 0.0983. The lowest BCUT2D eigenvalue weighted by molar-refractivity contribution is -0.135. The van der Waals surface area contributed by atoms with Gasteiger partial charge in [0.05, 0.1) is 16.6 Å². The van der Waals surface area contributed by atoms with Crippen LogP contribution < -0.4 is 10.1 Å². The van der Waals surface area contributed by atoms with Crippen LogP contribution >= 0.6 is 15.9 Å². The van der Waals surface area contributed by atoms with E-state index in [1.54, 1.807) is 12.1 Å². The molecule has 0 atom stereocenters. The first-order valence-corrected chi connectivity index (χ1v) is 12.5. The van der Waals surface area contributed by atoms with Crippen molar-refractivity contribution in [1.82, 2.24) is 5.32 Å². The normalized spacial score (nSPS) is 14.7. The van der Waals surface area contributed by atoms with Crippen LogP contribution in [0.3, 0.4) is 0 Å². The lowest BCUT2D eigenvalue weighted by Gasteiger charge is -2.18. The second kappa shape index (κ2) is 11.9. The minimum atomic E-state index is -4.03. The fourth-order valence-corrected chi connectivity index (χ4v) is 4.40. The molecule has 2 aromatic carbocycles. The number of amides is 1. The summed E-state index contributed by atoms with van der Waals surface area (Å²) in [5.41, 5.74) is 1.47. The average Bonchev–Trinajstić information content (AvgIpc) is 3.56. The highest BCUT2D eigenvalue weighted by molar-refractivity contribution is 9.10. The molecule has 33 heavy (non-hydrogen) atoms. The summed E-state index contributed by atoms with van der Waals surface area (Å²) in [5, 5.41) is 3.18. The lowest BCUT2D eigenvalue weighted by atomic mass is 10.0. The first-order chi connectivity index (χ1) is 15.8. The highest BCUT2D eigenvalue weighted by atomic mass is 79.9. The standard InChI is InChI=1S/C26H31BrF3NO2/c27-22-19-20(24(32)31-25(16-17-25)21-11-7-6-8-12-21)13-14-23(22)33-18-10-5-3-1-2-4-9-15-26(28,29)30/h6-8,11-14,19H,1-5,9-10,15-18H2,(H,31,32). The van der Waals surface area contributed by atoms with Crippen molar-refractivity contribution >= 4 is 21.8 Å². The molecule has 2 aromatic rings. The molecule has 0 aliphatic heterocycles. The predicted octanol–water partition coefficient (Wildman–Crippen LogP) is 7.93. The Bertz CT molecular complexity index is 898. The molecular weight excluding hydrogens is 495 g/mol. The summed E-state index contributed by atoms with van der Waals surface area (Å²) in [6.07, 6.45) is 2.70. The molecule has 0 radical (unpaired) electrons. The second-order valence-corrected chi connectivity index (χ2v) is 9.59. The first-order valence-electron chi connectivity index (χ1n) is 11.7. The maximum absolute atomic E-state index is 12.8. The Labute approximate surface area is 202 Å². The molecule has 3 rings (SSSR count). The van der Waals surface area contributed by atoms with Crippen LogP contribution in [0.15, 0.2) is 53.0 Å². The van der Waals surface area contributed by atoms with Gasteiger partial charge in [-0.1, -0.05) is 62.4 Å². The summed E-state index contributed by atoms with van der Waals surface area (Å²) in [4.78, 5) is 12.8. The van der Waals surface area contributed by atoms with Gasteiger partial charge in [-0.2, -0.15) is 13.2 Å². The van der Waals surface area contributed by atoms with Gasteiger partial charge in [0.1, 0.15) is 5.75 Å². The van der Waals surface area contributed by atoms with Crippen LogP contribution in [0, 0.1) is 0 Å². The third-order valence-electron chi connectivity index (χ3n) is 5.99. The monoisotopic (exact) mass is 525 g/mol. The van der Waals surface area contributed by atoms with Gasteiger partial charge >= 0.3 is 6.18 Å². The van der Waals surface area contributed by atoms with Gasteiger partial charge in [0.25, 0.3) is 5.91 Å². The third-order valence-corrected chi connectivity index (χ3v) is 6.61. The number of hydrogen-bond acceptors (Lipinski definition) is 2. The number of ether oxygens (including phenoxy) is 1. The van der Waals surface area contributed by atoms with E-state index in [1.807, 2.05) is 36.4 Å². The van der Waals surface area contributed by atoms with E-state index in [4.69, 9.17) is 4.74 Å². The molecule has 1 saturated carbocycles. The highest BCUT2D eigenvalue weighted by Crippen LogP contribution is 2.45. The van der Waals surface area contributed by atoms with Gasteiger partial charge in [-0.05, 0) is 65.4 Å². The molecule has 1 aliphatic rings. The SMILES string of the molecule is O=C(NC1(c2ccccc2)CC1)c1ccc(OCCCCCCCCCC(F)(F)F)c(Br)c1. The molecule has 0 saturated heterocycles. The van der Waals surface area contributed by atoms with Crippen LogP contribution in [0.4, 0.5) is 13.2 Å². The molecule has 0 aromatic heterocycles. The van der Waals surface area contributed by atoms with Crippen molar-refractivity contribution in [2.24, 2.45) is 0 Å². The molecule has 1 aliphatic carbocycles. The number of rotatable bonds is 13. The lowest BCUT2D eigenvalue weighted by Crippen LogP contribution is -2.34. The molecule has 0 bridgehead atoms. The van der Waals surface area contributed by atoms with Gasteiger partial charge in [-0.3, -0.25) is 4.79 Å². The van der Waals surface area contributed by atoms with Gasteiger partial charge in [-0.25, -0.2) is 0 Å². The van der Waals surface area contributed by atoms with Crippen LogP contribution in [-0.2, 0) is 5.54 Å². The number of alkyl halides is 3. The molecule has 180 valence electrons. The number of carbonyl (C=O) groups is 1. The summed E-state index contributed by atoms with van der Waals surface area (Å²) >= 11 is 3.50. The summed E-state index contributed by atoms with van der Waals surface area (Å²) < 4.78 is 42.9. The predicted molar refractivity (Wildman–Crippen MR) is 127 cm³/mol. The van der Waals surface area contributed by atoms with Crippen LogP contribution in [0.5, 0.6) is 5.75 Å². The van der Waals surface area contributed by atoms with Crippen molar-refractivity contribution in [3.63, 3.8) is 0 Å². The van der Waals surface area contributed by atoms with Gasteiger partial charge in [0, 0.05) is 12.0 Å². The van der Waals surface area contributed by atoms with Gasteiger partial charge in [0.2, 0.25) is 0 Å². The third kappa shape index (κ3) is 8.36. The summed E-state index contributed by atoms with van der Waals surface area (Å²) in [6.45, 7) is 0.565. The molecule has 7 heteroatoms. The zero-order valence-corrected chi connectivity index (χ0v) is 20.3. The fourth-order valence-electron chi connectivity index (χ4n) is 3.91. The van der Waals surface area contributed by atoms with Crippen LogP contribution in [0.1, 0.15) is 80.1 Å². The number of hydrogen-bond donors (Lipinski definition) is 1. The topological polar surface area (TPSA) is 38.3 Å². The minimum Gasteiger partial charge on any atom is -0.492 e. The quantitative estimate of drug-likeness (QED) is 0.269. The molecule has 0 spiro atoms. The van der Waals surface area contributed by atoms with E-state index < -0.39 is 12.6 Å². The Hall–Kier alpha value is -2.02. The van der Waals surface area contributed by atoms with E-state index in [-0.39, 0.29) is 17.9 Å². The van der Waals surface area contributed by atoms with E-state index in [0.717, 1.165) is 55.0 Å². The largest absolute Gasteiger partial charge is 0.492 e. The number of carbonyl (C=O) groups excluding carboxylic acids is 1. The summed E-state index contributed by atoms with van der Waals surface area (Å²) in [6, 6.07) is 15.4. The Kier molecular flexibility index (Phi) is 9.24. The maximum Gasteiger partial charge on any atom is 0.389 e. The van der Waals surface area contributed by atoms with Crippen molar-refractivity contribution < 1.29 is 22.7 Å². The van der Waals surface area contributed by atoms with Crippen LogP contribution in [0.2, 0.25) is 0 Å². The summed E-state index contributed by atoms with van der Waals surface area (Å²) in [7, 11) is 0. The number of nitrogens with one attached hydrogen (secondary N) is 1. The van der Waals surface area contributed by atoms with E-state index >= 15 is 0 Å². The molecule has 1 amide bonds. The number of benzene rings is 2. The highest BCUT2D eigenvalue weighted by Gasteiger charge is 2.45. The first kappa shape index (κ1) is 25.6. The van der Waals surface area contributed by atoms with Gasteiger partial charge < -0.3 is 10.1 Å². The maximum atomic E-state index is 12.8. The van der Waals surface area contributed by atoms with Crippen molar-refractivity contribution in [3.05, 3.63) is 64.1 Å². The average molecular weight is 526 g/mol. The summed E-state index contributed by atoms with van der Waals surface area (Å²) in [5.74, 6) is 0.599. The molecule has 0 heterocycles. The smallest absolute Gasteiger partial charge is 0.389 e. The Balaban J connectivity index is 1.34. The Morgan fingerprint density at radius 2 is 1.58 bits per heavy atom. The van der Waals surface area contributed by atoms with Crippen molar-refractivity contribution in [1.29, 1.82) is 0 Å². The molecule has 3 nitrogen and oxygen atoms in total. The second-order valence-electron chi connectivity index (χ2n) is 8.74. The zero-order valence-electron chi connectivity index (χ0n) is 18.7. The van der Waals surface area contributed by atoms with Crippen molar-refractivity contribution in [3.8, 4) is 5.75 Å². The number of unbranched alkanes of at least 4 members (excludes halogenated alkanes) is 6. The molecule has 0 unspecified atom stereocenters. The van der Waals surface area contributed by atoms with Crippen molar-refractivity contribution in [2.75, 3.05) is 6.61 Å². The van der Waals surface area contributed by atoms with Crippen LogP contribution in [0.25, 0.3) is 0 Å². The van der Waals surface area contributed by atoms with E-state index in [2.05, 4.69) is 21.2 Å². The van der Waals surface area contributed by atoms with E-state index in [1.165, 1.54) is 0 Å². The van der Waals surface area contributed by atoms with E-state index in [9.17, 15) is 18.0 Å². The Morgan fingerprint density at radius 3 is 2.18 bits per heavy atom. The Morgan fingerprint density at radius 1 is 0.939 bits per heavy atom. The van der Waals surface area contributed by atoms with Crippen molar-refractivity contribution in [2.45, 2.75) is 75.9 Å². The molecule has 1 N–H and O–H groups in total. The van der Waals surface area contributed by atoms with Gasteiger partial charge in [0.15, 0.2) is 0 Å². The molecule has 1 fully saturated rings. The zero-order chi connectivity index (χ0) is 23.7. The molecular formula is C26H31BrF3NO2. The van der Waals surface area contributed by atoms with E-state index in [0.29, 0.717) is 24.3 Å². The fraction of sp³-hybridized carbons (Fsp3) is 0.500.